The molecule has 0 spiro atoms. The van der Waals surface area contributed by atoms with Gasteiger partial charge in [0.25, 0.3) is 10.0 Å². The summed E-state index contributed by atoms with van der Waals surface area (Å²) in [4.78, 5) is 11.3. The van der Waals surface area contributed by atoms with Crippen LogP contribution in [0.4, 0.5) is 0 Å². The van der Waals surface area contributed by atoms with Crippen molar-refractivity contribution in [2.24, 2.45) is 0 Å². The average molecular weight is 336 g/mol. The predicted molar refractivity (Wildman–Crippen MR) is 70.9 cm³/mol. The molecule has 0 fully saturated rings. The Kier molecular flexibility index (Phi) is 5.15. The summed E-state index contributed by atoms with van der Waals surface area (Å²) in [5, 5.41) is 0. The normalized spacial score (nSPS) is 11.1. The third-order valence-corrected chi connectivity index (χ3v) is 4.15. The van der Waals surface area contributed by atoms with E-state index < -0.39 is 15.9 Å². The average Bonchev–Trinajstić information content (AvgIpc) is 2.28. The fourth-order valence-electron chi connectivity index (χ4n) is 1.30. The molecular weight excluding hydrogens is 322 g/mol. The Balaban J connectivity index is 2.99. The first-order valence-electron chi connectivity index (χ1n) is 5.30. The fraction of sp³-hybridized carbons (Fsp3) is 0.364. The summed E-state index contributed by atoms with van der Waals surface area (Å²) in [5.41, 5.74) is 0. The minimum atomic E-state index is -3.81. The largest absolute Gasteiger partial charge is 0.496 e. The van der Waals surface area contributed by atoms with Gasteiger partial charge < -0.3 is 4.74 Å². The topological polar surface area (TPSA) is 72.5 Å². The molecule has 0 radical (unpaired) electrons. The molecule has 5 nitrogen and oxygen atoms in total. The number of halogens is 1. The highest BCUT2D eigenvalue weighted by molar-refractivity contribution is 9.10. The van der Waals surface area contributed by atoms with Gasteiger partial charge in [0.1, 0.15) is 5.75 Å². The molecule has 0 saturated carbocycles. The molecule has 0 aliphatic carbocycles. The van der Waals surface area contributed by atoms with Crippen LogP contribution in [-0.2, 0) is 14.8 Å². The van der Waals surface area contributed by atoms with E-state index in [1.165, 1.54) is 25.3 Å². The van der Waals surface area contributed by atoms with E-state index in [1.807, 2.05) is 4.72 Å². The summed E-state index contributed by atoms with van der Waals surface area (Å²) < 4.78 is 31.3. The third kappa shape index (κ3) is 3.71. The summed E-state index contributed by atoms with van der Waals surface area (Å²) in [6.45, 7) is 1.80. The number of carbonyl (C=O) groups is 1. The molecule has 100 valence electrons. The molecule has 0 saturated heterocycles. The van der Waals surface area contributed by atoms with Crippen LogP contribution in [0.1, 0.15) is 19.8 Å². The first-order chi connectivity index (χ1) is 8.40. The number of rotatable bonds is 5. The van der Waals surface area contributed by atoms with Crippen LogP contribution in [0.5, 0.6) is 5.75 Å². The van der Waals surface area contributed by atoms with Crippen LogP contribution in [0.15, 0.2) is 27.6 Å². The lowest BCUT2D eigenvalue weighted by Crippen LogP contribution is -2.30. The van der Waals surface area contributed by atoms with Crippen molar-refractivity contribution < 1.29 is 17.9 Å². The molecule has 0 aromatic heterocycles. The molecule has 1 aromatic carbocycles. The van der Waals surface area contributed by atoms with Gasteiger partial charge >= 0.3 is 0 Å². The first-order valence-corrected chi connectivity index (χ1v) is 7.57. The highest BCUT2D eigenvalue weighted by Gasteiger charge is 2.18. The highest BCUT2D eigenvalue weighted by Crippen LogP contribution is 2.27. The van der Waals surface area contributed by atoms with Crippen molar-refractivity contribution in [3.05, 3.63) is 22.7 Å². The van der Waals surface area contributed by atoms with Gasteiger partial charge in [-0.15, -0.1) is 0 Å². The molecule has 1 amide bonds. The number of hydrogen-bond acceptors (Lipinski definition) is 4. The number of ether oxygens (including phenoxy) is 1. The summed E-state index contributed by atoms with van der Waals surface area (Å²) in [5.74, 6) is 0.0123. The summed E-state index contributed by atoms with van der Waals surface area (Å²) in [6.07, 6.45) is 0.768. The van der Waals surface area contributed by atoms with Crippen molar-refractivity contribution in [2.75, 3.05) is 7.11 Å². The zero-order valence-corrected chi connectivity index (χ0v) is 12.5. The quantitative estimate of drug-likeness (QED) is 0.893. The van der Waals surface area contributed by atoms with E-state index in [-0.39, 0.29) is 11.3 Å². The van der Waals surface area contributed by atoms with E-state index in [0.717, 1.165) is 0 Å². The number of benzene rings is 1. The van der Waals surface area contributed by atoms with Crippen molar-refractivity contribution in [3.8, 4) is 5.75 Å². The Bertz CT molecular complexity index is 542. The Morgan fingerprint density at radius 1 is 1.44 bits per heavy atom. The minimum Gasteiger partial charge on any atom is -0.496 e. The van der Waals surface area contributed by atoms with Gasteiger partial charge in [0.05, 0.1) is 16.5 Å². The summed E-state index contributed by atoms with van der Waals surface area (Å²) in [6, 6.07) is 4.29. The Labute approximate surface area is 115 Å². The fourth-order valence-corrected chi connectivity index (χ4v) is 3.03. The molecule has 0 atom stereocenters. The van der Waals surface area contributed by atoms with Crippen LogP contribution >= 0.6 is 15.9 Å². The predicted octanol–water partition coefficient (Wildman–Crippen LogP) is 2.06. The minimum absolute atomic E-state index is 0.0135. The second-order valence-corrected chi connectivity index (χ2v) is 6.11. The van der Waals surface area contributed by atoms with Gasteiger partial charge in [-0.3, -0.25) is 4.79 Å². The molecule has 18 heavy (non-hydrogen) atoms. The molecule has 1 N–H and O–H groups in total. The highest BCUT2D eigenvalue weighted by atomic mass is 79.9. The monoisotopic (exact) mass is 335 g/mol. The summed E-state index contributed by atoms with van der Waals surface area (Å²) >= 11 is 3.19. The standard InChI is InChI=1S/C11H14BrNO4S/c1-3-4-11(14)13-18(15,16)8-5-6-10(17-2)9(12)7-8/h5-7H,3-4H2,1-2H3,(H,13,14). The van der Waals surface area contributed by atoms with Gasteiger partial charge in [0.15, 0.2) is 0 Å². The number of carbonyl (C=O) groups excluding carboxylic acids is 1. The van der Waals surface area contributed by atoms with E-state index >= 15 is 0 Å². The number of amides is 1. The Morgan fingerprint density at radius 3 is 2.61 bits per heavy atom. The van der Waals surface area contributed by atoms with Crippen LogP contribution in [0.3, 0.4) is 0 Å². The van der Waals surface area contributed by atoms with Gasteiger partial charge in [0, 0.05) is 6.42 Å². The van der Waals surface area contributed by atoms with Crippen LogP contribution in [0.2, 0.25) is 0 Å². The Morgan fingerprint density at radius 2 is 2.11 bits per heavy atom. The lowest BCUT2D eigenvalue weighted by atomic mass is 10.3. The van der Waals surface area contributed by atoms with Crippen molar-refractivity contribution in [3.63, 3.8) is 0 Å². The number of methoxy groups -OCH3 is 1. The molecule has 0 heterocycles. The number of hydrogen-bond donors (Lipinski definition) is 1. The zero-order chi connectivity index (χ0) is 13.8. The van der Waals surface area contributed by atoms with Crippen LogP contribution in [-0.4, -0.2) is 21.4 Å². The zero-order valence-electron chi connectivity index (χ0n) is 10.1. The molecule has 0 aliphatic heterocycles. The maximum absolute atomic E-state index is 11.9. The number of nitrogens with one attached hydrogen (secondary N) is 1. The van der Waals surface area contributed by atoms with E-state index in [4.69, 9.17) is 4.74 Å². The Hall–Kier alpha value is -1.08. The van der Waals surface area contributed by atoms with E-state index in [1.54, 1.807) is 6.92 Å². The first kappa shape index (κ1) is 15.0. The molecular formula is C11H14BrNO4S. The van der Waals surface area contributed by atoms with Crippen LogP contribution in [0.25, 0.3) is 0 Å². The van der Waals surface area contributed by atoms with E-state index in [0.29, 0.717) is 16.6 Å². The van der Waals surface area contributed by atoms with E-state index in [2.05, 4.69) is 15.9 Å². The lowest BCUT2D eigenvalue weighted by Gasteiger charge is -2.08. The molecule has 0 unspecified atom stereocenters. The second-order valence-electron chi connectivity index (χ2n) is 3.58. The van der Waals surface area contributed by atoms with Crippen LogP contribution in [0, 0.1) is 0 Å². The molecule has 0 aliphatic rings. The smallest absolute Gasteiger partial charge is 0.264 e. The molecule has 7 heteroatoms. The van der Waals surface area contributed by atoms with Crippen molar-refractivity contribution >= 4 is 31.9 Å². The third-order valence-electron chi connectivity index (χ3n) is 2.16. The number of sulfonamides is 1. The van der Waals surface area contributed by atoms with Gasteiger partial charge in [-0.1, -0.05) is 6.92 Å². The maximum Gasteiger partial charge on any atom is 0.264 e. The van der Waals surface area contributed by atoms with E-state index in [9.17, 15) is 13.2 Å². The van der Waals surface area contributed by atoms with Gasteiger partial charge in [-0.25, -0.2) is 13.1 Å². The van der Waals surface area contributed by atoms with Gasteiger partial charge in [0.2, 0.25) is 5.91 Å². The van der Waals surface area contributed by atoms with Crippen molar-refractivity contribution in [1.82, 2.24) is 4.72 Å². The van der Waals surface area contributed by atoms with Crippen molar-refractivity contribution in [1.29, 1.82) is 0 Å². The molecule has 1 aromatic rings. The second kappa shape index (κ2) is 6.19. The van der Waals surface area contributed by atoms with Gasteiger partial charge in [-0.05, 0) is 40.5 Å². The molecule has 1 rings (SSSR count). The van der Waals surface area contributed by atoms with Gasteiger partial charge in [-0.2, -0.15) is 0 Å². The lowest BCUT2D eigenvalue weighted by molar-refractivity contribution is -0.119. The summed E-state index contributed by atoms with van der Waals surface area (Å²) in [7, 11) is -2.33. The SMILES string of the molecule is CCCC(=O)NS(=O)(=O)c1ccc(OC)c(Br)c1. The van der Waals surface area contributed by atoms with Crippen LogP contribution < -0.4 is 9.46 Å². The van der Waals surface area contributed by atoms with Crippen molar-refractivity contribution in [2.45, 2.75) is 24.7 Å². The molecule has 0 bridgehead atoms. The maximum atomic E-state index is 11.9.